The minimum absolute atomic E-state index is 0.784. The van der Waals surface area contributed by atoms with Crippen LogP contribution in [0.25, 0.3) is 0 Å². The van der Waals surface area contributed by atoms with Crippen molar-refractivity contribution in [3.05, 3.63) is 0 Å². The van der Waals surface area contributed by atoms with E-state index in [4.69, 9.17) is 0 Å². The summed E-state index contributed by atoms with van der Waals surface area (Å²) in [5.41, 5.74) is 0. The predicted molar refractivity (Wildman–Crippen MR) is 70.9 cm³/mol. The maximum absolute atomic E-state index is 3.52. The van der Waals surface area contributed by atoms with Crippen molar-refractivity contribution in [2.24, 2.45) is 5.92 Å². The highest BCUT2D eigenvalue weighted by Crippen LogP contribution is 2.20. The molecule has 1 rings (SSSR count). The third-order valence-electron chi connectivity index (χ3n) is 3.56. The average molecular weight is 227 g/mol. The monoisotopic (exact) mass is 227 g/mol. The van der Waals surface area contributed by atoms with Crippen molar-refractivity contribution >= 4 is 0 Å². The van der Waals surface area contributed by atoms with Crippen LogP contribution in [-0.2, 0) is 0 Å². The van der Waals surface area contributed by atoms with E-state index in [1.54, 1.807) is 0 Å². The average Bonchev–Trinajstić information content (AvgIpc) is 2.22. The van der Waals surface area contributed by atoms with Crippen molar-refractivity contribution in [2.75, 3.05) is 46.8 Å². The first kappa shape index (κ1) is 13.9. The quantitative estimate of drug-likeness (QED) is 0.689. The lowest BCUT2D eigenvalue weighted by molar-refractivity contribution is 0.126. The Balaban J connectivity index is 2.07. The molecule has 1 saturated heterocycles. The van der Waals surface area contributed by atoms with E-state index in [2.05, 4.69) is 43.1 Å². The van der Waals surface area contributed by atoms with E-state index in [1.165, 1.54) is 25.9 Å². The Morgan fingerprint density at radius 2 is 1.94 bits per heavy atom. The van der Waals surface area contributed by atoms with Crippen molar-refractivity contribution in [2.45, 2.75) is 32.7 Å². The van der Waals surface area contributed by atoms with Gasteiger partial charge in [-0.2, -0.15) is 0 Å². The zero-order chi connectivity index (χ0) is 12.0. The SMILES string of the molecule is CC1CCC(C)N(CCNCCN(C)C)C1. The minimum atomic E-state index is 0.784. The third-order valence-corrected chi connectivity index (χ3v) is 3.56. The molecular weight excluding hydrogens is 198 g/mol. The lowest BCUT2D eigenvalue weighted by Crippen LogP contribution is -2.44. The van der Waals surface area contributed by atoms with Crippen molar-refractivity contribution in [3.63, 3.8) is 0 Å². The summed E-state index contributed by atoms with van der Waals surface area (Å²) in [6.07, 6.45) is 2.78. The highest BCUT2D eigenvalue weighted by atomic mass is 15.2. The maximum Gasteiger partial charge on any atom is 0.0110 e. The maximum atomic E-state index is 3.52. The molecule has 2 unspecified atom stereocenters. The summed E-state index contributed by atoms with van der Waals surface area (Å²) < 4.78 is 0. The molecule has 1 N–H and O–H groups in total. The minimum Gasteiger partial charge on any atom is -0.314 e. The highest BCUT2D eigenvalue weighted by Gasteiger charge is 2.21. The Morgan fingerprint density at radius 1 is 1.19 bits per heavy atom. The number of piperidine rings is 1. The molecule has 1 heterocycles. The Hall–Kier alpha value is -0.120. The second-order valence-corrected chi connectivity index (χ2v) is 5.58. The molecule has 3 heteroatoms. The lowest BCUT2D eigenvalue weighted by atomic mass is 9.95. The summed E-state index contributed by atoms with van der Waals surface area (Å²) >= 11 is 0. The third kappa shape index (κ3) is 5.28. The fourth-order valence-electron chi connectivity index (χ4n) is 2.34. The molecule has 0 bridgehead atoms. The Kier molecular flexibility index (Phi) is 6.32. The standard InChI is InChI=1S/C13H29N3/c1-12-5-6-13(2)16(11-12)10-8-14-7-9-15(3)4/h12-14H,5-11H2,1-4H3. The van der Waals surface area contributed by atoms with Crippen LogP contribution in [0.1, 0.15) is 26.7 Å². The molecular formula is C13H29N3. The van der Waals surface area contributed by atoms with Gasteiger partial charge in [-0.15, -0.1) is 0 Å². The van der Waals surface area contributed by atoms with Crippen LogP contribution in [-0.4, -0.2) is 62.7 Å². The first-order valence-corrected chi connectivity index (χ1v) is 6.69. The van der Waals surface area contributed by atoms with Gasteiger partial charge in [0.1, 0.15) is 0 Å². The summed E-state index contributed by atoms with van der Waals surface area (Å²) in [6, 6.07) is 0.784. The Bertz CT molecular complexity index is 182. The fraction of sp³-hybridized carbons (Fsp3) is 1.00. The van der Waals surface area contributed by atoms with Gasteiger partial charge in [0, 0.05) is 38.8 Å². The first-order chi connectivity index (χ1) is 7.59. The number of likely N-dealkylation sites (tertiary alicyclic amines) is 1. The van der Waals surface area contributed by atoms with Crippen molar-refractivity contribution < 1.29 is 0 Å². The van der Waals surface area contributed by atoms with E-state index < -0.39 is 0 Å². The topological polar surface area (TPSA) is 18.5 Å². The second-order valence-electron chi connectivity index (χ2n) is 5.58. The number of hydrogen-bond donors (Lipinski definition) is 1. The number of likely N-dealkylation sites (N-methyl/N-ethyl adjacent to an activating group) is 1. The van der Waals surface area contributed by atoms with Crippen LogP contribution in [0, 0.1) is 5.92 Å². The fourth-order valence-corrected chi connectivity index (χ4v) is 2.34. The van der Waals surface area contributed by atoms with Crippen LogP contribution in [0.2, 0.25) is 0 Å². The van der Waals surface area contributed by atoms with E-state index in [1.807, 2.05) is 0 Å². The van der Waals surface area contributed by atoms with Gasteiger partial charge in [0.15, 0.2) is 0 Å². The van der Waals surface area contributed by atoms with Gasteiger partial charge in [-0.25, -0.2) is 0 Å². The molecule has 0 spiro atoms. The number of nitrogens with one attached hydrogen (secondary N) is 1. The molecule has 0 aromatic carbocycles. The zero-order valence-corrected chi connectivity index (χ0v) is 11.5. The molecule has 1 fully saturated rings. The molecule has 0 amide bonds. The molecule has 0 radical (unpaired) electrons. The van der Waals surface area contributed by atoms with E-state index in [0.29, 0.717) is 0 Å². The lowest BCUT2D eigenvalue weighted by Gasteiger charge is -2.36. The molecule has 0 aromatic heterocycles. The molecule has 2 atom stereocenters. The molecule has 96 valence electrons. The van der Waals surface area contributed by atoms with E-state index >= 15 is 0 Å². The summed E-state index contributed by atoms with van der Waals surface area (Å²) in [5.74, 6) is 0.887. The summed E-state index contributed by atoms with van der Waals surface area (Å²) in [7, 11) is 4.24. The smallest absolute Gasteiger partial charge is 0.0110 e. The van der Waals surface area contributed by atoms with Gasteiger partial charge in [0.05, 0.1) is 0 Å². The van der Waals surface area contributed by atoms with E-state index in [-0.39, 0.29) is 0 Å². The number of nitrogens with zero attached hydrogens (tertiary/aromatic N) is 2. The zero-order valence-electron chi connectivity index (χ0n) is 11.5. The number of hydrogen-bond acceptors (Lipinski definition) is 3. The largest absolute Gasteiger partial charge is 0.314 e. The van der Waals surface area contributed by atoms with Gasteiger partial charge in [0.2, 0.25) is 0 Å². The first-order valence-electron chi connectivity index (χ1n) is 6.69. The van der Waals surface area contributed by atoms with Crippen molar-refractivity contribution in [3.8, 4) is 0 Å². The van der Waals surface area contributed by atoms with E-state index in [0.717, 1.165) is 31.6 Å². The van der Waals surface area contributed by atoms with Gasteiger partial charge in [-0.1, -0.05) is 6.92 Å². The molecule has 1 aliphatic rings. The van der Waals surface area contributed by atoms with Crippen molar-refractivity contribution in [1.82, 2.24) is 15.1 Å². The van der Waals surface area contributed by atoms with Crippen LogP contribution in [0.4, 0.5) is 0 Å². The molecule has 0 saturated carbocycles. The van der Waals surface area contributed by atoms with Crippen LogP contribution in [0.15, 0.2) is 0 Å². The van der Waals surface area contributed by atoms with Crippen LogP contribution in [0.5, 0.6) is 0 Å². The normalized spacial score (nSPS) is 27.6. The Labute approximate surface area is 101 Å². The van der Waals surface area contributed by atoms with Gasteiger partial charge >= 0.3 is 0 Å². The van der Waals surface area contributed by atoms with Gasteiger partial charge in [-0.05, 0) is 39.8 Å². The van der Waals surface area contributed by atoms with Crippen LogP contribution < -0.4 is 5.32 Å². The molecule has 3 nitrogen and oxygen atoms in total. The van der Waals surface area contributed by atoms with Gasteiger partial charge < -0.3 is 10.2 Å². The second kappa shape index (κ2) is 7.25. The summed E-state index contributed by atoms with van der Waals surface area (Å²) in [4.78, 5) is 4.86. The van der Waals surface area contributed by atoms with E-state index in [9.17, 15) is 0 Å². The molecule has 0 aliphatic carbocycles. The number of rotatable bonds is 6. The summed E-state index contributed by atoms with van der Waals surface area (Å²) in [5, 5.41) is 3.52. The van der Waals surface area contributed by atoms with Crippen LogP contribution >= 0.6 is 0 Å². The van der Waals surface area contributed by atoms with Crippen molar-refractivity contribution in [1.29, 1.82) is 0 Å². The van der Waals surface area contributed by atoms with Crippen LogP contribution in [0.3, 0.4) is 0 Å². The molecule has 1 aliphatic heterocycles. The molecule has 0 aromatic rings. The van der Waals surface area contributed by atoms with Gasteiger partial charge in [-0.3, -0.25) is 4.90 Å². The van der Waals surface area contributed by atoms with Gasteiger partial charge in [0.25, 0.3) is 0 Å². The molecule has 16 heavy (non-hydrogen) atoms. The Morgan fingerprint density at radius 3 is 2.62 bits per heavy atom. The highest BCUT2D eigenvalue weighted by molar-refractivity contribution is 4.77. The summed E-state index contributed by atoms with van der Waals surface area (Å²) in [6.45, 7) is 10.6. The predicted octanol–water partition coefficient (Wildman–Crippen LogP) is 1.26.